The molecule has 0 unspecified atom stereocenters. The number of ketones is 1. The predicted octanol–water partition coefficient (Wildman–Crippen LogP) is 2.47. The third-order valence-electron chi connectivity index (χ3n) is 5.09. The Bertz CT molecular complexity index is 1580. The van der Waals surface area contributed by atoms with Gasteiger partial charge in [-0.25, -0.2) is 4.98 Å². The second-order valence-electron chi connectivity index (χ2n) is 7.15. The van der Waals surface area contributed by atoms with Gasteiger partial charge in [0.25, 0.3) is 5.78 Å². The van der Waals surface area contributed by atoms with Gasteiger partial charge < -0.3 is 25.5 Å². The number of thiophene rings is 1. The quantitative estimate of drug-likeness (QED) is 0.303. The number of anilines is 2. The molecule has 1 aromatic carbocycles. The summed E-state index contributed by atoms with van der Waals surface area (Å²) in [6.07, 6.45) is 1.44. The van der Waals surface area contributed by atoms with Crippen LogP contribution in [0.5, 0.6) is 5.95 Å². The Kier molecular flexibility index (Phi) is 4.58. The van der Waals surface area contributed by atoms with Crippen molar-refractivity contribution in [2.24, 2.45) is 0 Å². The number of carbonyl (C=O) groups excluding carboxylic acids is 1. The molecular formula is C22H14N6O4S. The second kappa shape index (κ2) is 7.47. The molecule has 0 amide bonds. The number of aryl methyl sites for hydroxylation is 1. The Morgan fingerprint density at radius 3 is 2.67 bits per heavy atom. The Hall–Kier alpha value is -4.69. The first kappa shape index (κ1) is 20.2. The molecule has 0 radical (unpaired) electrons. The van der Waals surface area contributed by atoms with Crippen LogP contribution < -0.4 is 21.3 Å². The molecule has 5 rings (SSSR count). The number of nitrogens with zero attached hydrogens (tertiary/aromatic N) is 4. The van der Waals surface area contributed by atoms with Gasteiger partial charge in [0.2, 0.25) is 5.69 Å². The lowest BCUT2D eigenvalue weighted by molar-refractivity contribution is -0.672. The summed E-state index contributed by atoms with van der Waals surface area (Å²) in [4.78, 5) is 18.1. The number of carbonyl (C=O) groups is 1. The number of furan rings is 1. The molecule has 0 saturated carbocycles. The average molecular weight is 458 g/mol. The molecule has 0 bridgehead atoms. The highest BCUT2D eigenvalue weighted by atomic mass is 32.1. The van der Waals surface area contributed by atoms with E-state index in [4.69, 9.17) is 20.4 Å². The summed E-state index contributed by atoms with van der Waals surface area (Å²) in [6.45, 7) is 1.91. The zero-order valence-electron chi connectivity index (χ0n) is 17.0. The first-order chi connectivity index (χ1) is 15.9. The van der Waals surface area contributed by atoms with Crippen molar-refractivity contribution in [3.63, 3.8) is 0 Å². The van der Waals surface area contributed by atoms with Gasteiger partial charge in [-0.3, -0.25) is 4.79 Å². The minimum absolute atomic E-state index is 0.0270. The first-order valence-electron chi connectivity index (χ1n) is 9.57. The van der Waals surface area contributed by atoms with Gasteiger partial charge in [-0.1, -0.05) is 17.7 Å². The molecule has 0 spiro atoms. The van der Waals surface area contributed by atoms with E-state index in [1.165, 1.54) is 6.26 Å². The van der Waals surface area contributed by atoms with E-state index in [0.29, 0.717) is 27.2 Å². The summed E-state index contributed by atoms with van der Waals surface area (Å²) in [7, 11) is 0. The van der Waals surface area contributed by atoms with Crippen LogP contribution in [0.3, 0.4) is 0 Å². The maximum absolute atomic E-state index is 13.5. The van der Waals surface area contributed by atoms with Crippen LogP contribution in [0.2, 0.25) is 0 Å². The third-order valence-corrected chi connectivity index (χ3v) is 6.19. The molecule has 10 nitrogen and oxygen atoms in total. The van der Waals surface area contributed by atoms with Gasteiger partial charge in [-0.15, -0.1) is 11.3 Å². The number of nitriles is 1. The van der Waals surface area contributed by atoms with Gasteiger partial charge >= 0.3 is 5.69 Å². The van der Waals surface area contributed by atoms with Crippen LogP contribution in [-0.2, 0) is 0 Å². The maximum atomic E-state index is 13.5. The fourth-order valence-corrected chi connectivity index (χ4v) is 4.58. The molecule has 11 heteroatoms. The van der Waals surface area contributed by atoms with E-state index < -0.39 is 11.7 Å². The van der Waals surface area contributed by atoms with E-state index in [-0.39, 0.29) is 27.6 Å². The number of benzene rings is 1. The molecule has 0 aliphatic heterocycles. The molecule has 0 atom stereocenters. The minimum atomic E-state index is -0.908. The zero-order chi connectivity index (χ0) is 23.3. The molecule has 0 aliphatic rings. The van der Waals surface area contributed by atoms with E-state index in [1.54, 1.807) is 24.3 Å². The van der Waals surface area contributed by atoms with E-state index >= 15 is 0 Å². The van der Waals surface area contributed by atoms with Crippen LogP contribution in [-0.4, -0.2) is 16.0 Å². The van der Waals surface area contributed by atoms with Crippen molar-refractivity contribution in [2.75, 3.05) is 11.5 Å². The van der Waals surface area contributed by atoms with Gasteiger partial charge in [0, 0.05) is 17.5 Å². The number of fused-ring (bicyclic) bond motifs is 1. The third kappa shape index (κ3) is 3.08. The number of hydrogen-bond donors (Lipinski definition) is 2. The smallest absolute Gasteiger partial charge is 0.312 e. The highest BCUT2D eigenvalue weighted by Gasteiger charge is 2.33. The first-order valence-corrected chi connectivity index (χ1v) is 10.4. The summed E-state index contributed by atoms with van der Waals surface area (Å²) in [6, 6.07) is 12.4. The van der Waals surface area contributed by atoms with E-state index in [2.05, 4.69) is 10.3 Å². The molecule has 4 N–H and O–H groups in total. The van der Waals surface area contributed by atoms with Gasteiger partial charge in [-0.2, -0.15) is 5.26 Å². The number of nitrogen functional groups attached to an aromatic ring is 2. The highest BCUT2D eigenvalue weighted by Crippen LogP contribution is 2.43. The molecular weight excluding hydrogens is 444 g/mol. The number of aromatic nitrogens is 3. The number of nitrogens with two attached hydrogens (primary N) is 2. The Balaban J connectivity index is 1.74. The van der Waals surface area contributed by atoms with Crippen LogP contribution in [0.4, 0.5) is 11.5 Å². The number of hydrogen-bond acceptors (Lipinski definition) is 10. The topological polar surface area (TPSA) is 172 Å². The van der Waals surface area contributed by atoms with Gasteiger partial charge in [0.1, 0.15) is 32.9 Å². The van der Waals surface area contributed by atoms with E-state index in [1.807, 2.05) is 25.1 Å². The molecule has 0 saturated heterocycles. The summed E-state index contributed by atoms with van der Waals surface area (Å²) >= 11 is 0.952. The van der Waals surface area contributed by atoms with Gasteiger partial charge in [0.15, 0.2) is 5.95 Å². The Morgan fingerprint density at radius 1 is 1.24 bits per heavy atom. The van der Waals surface area contributed by atoms with E-state index in [0.717, 1.165) is 21.6 Å². The average Bonchev–Trinajstić information content (AvgIpc) is 3.53. The monoisotopic (exact) mass is 458 g/mol. The number of pyridine rings is 1. The normalized spacial score (nSPS) is 11.0. The van der Waals surface area contributed by atoms with Crippen molar-refractivity contribution in [2.45, 2.75) is 6.92 Å². The zero-order valence-corrected chi connectivity index (χ0v) is 17.8. The molecule has 162 valence electrons. The fourth-order valence-electron chi connectivity index (χ4n) is 3.53. The molecule has 0 aliphatic carbocycles. The summed E-state index contributed by atoms with van der Waals surface area (Å²) in [5.74, 6) is -1.28. The molecule has 4 aromatic heterocycles. The lowest BCUT2D eigenvalue weighted by atomic mass is 10.0. The van der Waals surface area contributed by atoms with Crippen molar-refractivity contribution >= 4 is 38.8 Å². The lowest BCUT2D eigenvalue weighted by Crippen LogP contribution is -2.39. The Labute approximate surface area is 189 Å². The van der Waals surface area contributed by atoms with Crippen molar-refractivity contribution in [1.82, 2.24) is 10.3 Å². The summed E-state index contributed by atoms with van der Waals surface area (Å²) in [5.41, 5.74) is 14.0. The van der Waals surface area contributed by atoms with Gasteiger partial charge in [0.05, 0.1) is 22.8 Å². The lowest BCUT2D eigenvalue weighted by Gasteiger charge is -2.06. The molecule has 33 heavy (non-hydrogen) atoms. The minimum Gasteiger partial charge on any atom is -0.539 e. The van der Waals surface area contributed by atoms with E-state index in [9.17, 15) is 15.2 Å². The molecule has 0 fully saturated rings. The van der Waals surface area contributed by atoms with Crippen LogP contribution in [0.1, 0.15) is 26.5 Å². The van der Waals surface area contributed by atoms with Crippen molar-refractivity contribution < 1.29 is 23.5 Å². The highest BCUT2D eigenvalue weighted by molar-refractivity contribution is 7.21. The van der Waals surface area contributed by atoms with Crippen molar-refractivity contribution in [3.8, 4) is 29.0 Å². The number of rotatable bonds is 4. The van der Waals surface area contributed by atoms with Crippen molar-refractivity contribution in [3.05, 3.63) is 64.4 Å². The van der Waals surface area contributed by atoms with Crippen LogP contribution in [0, 0.1) is 18.3 Å². The van der Waals surface area contributed by atoms with Gasteiger partial charge in [-0.05, 0) is 23.7 Å². The summed E-state index contributed by atoms with van der Waals surface area (Å²) in [5, 5.41) is 26.1. The summed E-state index contributed by atoms with van der Waals surface area (Å²) < 4.78 is 11.4. The van der Waals surface area contributed by atoms with Crippen molar-refractivity contribution in [1.29, 1.82) is 5.26 Å². The Morgan fingerprint density at radius 2 is 2.00 bits per heavy atom. The molecule has 5 aromatic rings. The van der Waals surface area contributed by atoms with Crippen LogP contribution in [0.25, 0.3) is 27.2 Å². The fraction of sp³-hybridized carbons (Fsp3) is 0.0455. The SMILES string of the molecule is Cc1ccc(-[n+]2noc([O-])c2C(=O)c2sc3nc(N)c(C#N)c(-c4ccco4)c3c2N)cc1. The molecule has 4 heterocycles. The van der Waals surface area contributed by atoms with Crippen LogP contribution in [0.15, 0.2) is 51.6 Å². The standard InChI is InChI=1S/C22H14N6O4S/c1-10-4-6-11(7-5-10)28-17(22(30)32-27-28)18(29)19-16(24)15-14(13-3-2-8-31-13)12(9-23)20(25)26-21(15)33-19/h2-8H,1H3,(H4-,24,25,26,27,29,30). The predicted molar refractivity (Wildman–Crippen MR) is 117 cm³/mol. The maximum Gasteiger partial charge on any atom is 0.312 e. The van der Waals surface area contributed by atoms with Crippen LogP contribution >= 0.6 is 11.3 Å². The largest absolute Gasteiger partial charge is 0.539 e. The second-order valence-corrected chi connectivity index (χ2v) is 8.15.